The van der Waals surface area contributed by atoms with Crippen molar-refractivity contribution in [1.29, 1.82) is 0 Å². The van der Waals surface area contributed by atoms with Crippen molar-refractivity contribution in [1.82, 2.24) is 0 Å². The maximum absolute atomic E-state index is 10.7. The fourth-order valence-electron chi connectivity index (χ4n) is 1.32. The van der Waals surface area contributed by atoms with Crippen molar-refractivity contribution in [3.05, 3.63) is 0 Å². The van der Waals surface area contributed by atoms with E-state index in [1.165, 1.54) is 0 Å². The molecule has 3 N–H and O–H groups in total. The summed E-state index contributed by atoms with van der Waals surface area (Å²) < 4.78 is 10.0. The molecule has 74 valence electrons. The van der Waals surface area contributed by atoms with Gasteiger partial charge in [0.1, 0.15) is 20.6 Å². The Kier molecular flexibility index (Phi) is 3.71. The Bertz CT molecular complexity index is 189. The summed E-state index contributed by atoms with van der Waals surface area (Å²) in [5.74, 6) is -0.477. The van der Waals surface area contributed by atoms with Crippen LogP contribution in [-0.2, 0) is 14.3 Å². The van der Waals surface area contributed by atoms with Crippen LogP contribution < -0.4 is 5.73 Å². The van der Waals surface area contributed by atoms with Gasteiger partial charge in [0, 0.05) is 6.00 Å². The summed E-state index contributed by atoms with van der Waals surface area (Å²) in [7, 11) is 1.87. The number of nitrogens with two attached hydrogens (primary N) is 1. The predicted octanol–water partition coefficient (Wildman–Crippen LogP) is -2.40. The number of carbonyl (C=O) groups excluding carboxylic acids is 1. The monoisotopic (exact) mass is 187 g/mol. The molecule has 0 spiro atoms. The fraction of sp³-hybridized carbons (Fsp3) is 0.857. The summed E-state index contributed by atoms with van der Waals surface area (Å²) in [6.45, 7) is -0.0556. The molecule has 0 aromatic rings. The van der Waals surface area contributed by atoms with Crippen LogP contribution in [0.4, 0.5) is 0 Å². The first-order valence-electron chi connectivity index (χ1n) is 4.32. The molecule has 0 aliphatic carbocycles. The Morgan fingerprint density at radius 3 is 2.92 bits per heavy atom. The molecule has 0 bridgehead atoms. The number of hydrogen-bond donors (Lipinski definition) is 2. The molecule has 3 atom stereocenters. The van der Waals surface area contributed by atoms with E-state index in [0.717, 1.165) is 0 Å². The molecule has 1 rings (SSSR count). The molecule has 1 aliphatic heterocycles. The first-order chi connectivity index (χ1) is 6.13. The highest BCUT2D eigenvalue weighted by Crippen LogP contribution is 2.18. The SMILES string of the molecule is B[C@@H]1C[C@H](O)[C@H](COC(=O)CN)O1. The number of esters is 1. The van der Waals surface area contributed by atoms with E-state index in [0.29, 0.717) is 6.42 Å². The summed E-state index contributed by atoms with van der Waals surface area (Å²) in [6, 6.07) is 0.0246. The third-order valence-corrected chi connectivity index (χ3v) is 1.98. The van der Waals surface area contributed by atoms with Crippen LogP contribution in [0.25, 0.3) is 0 Å². The van der Waals surface area contributed by atoms with Gasteiger partial charge in [-0.25, -0.2) is 0 Å². The number of aliphatic hydroxyl groups excluding tert-OH is 1. The Labute approximate surface area is 77.6 Å². The Balaban J connectivity index is 2.25. The zero-order valence-corrected chi connectivity index (χ0v) is 7.60. The number of rotatable bonds is 3. The lowest BCUT2D eigenvalue weighted by Crippen LogP contribution is -2.29. The van der Waals surface area contributed by atoms with Gasteiger partial charge in [0.2, 0.25) is 0 Å². The minimum absolute atomic E-state index is 0.0246. The van der Waals surface area contributed by atoms with Crippen LogP contribution in [0, 0.1) is 0 Å². The standard InChI is InChI=1S/C7H14BNO4/c8-6-1-4(10)5(13-6)3-12-7(11)2-9/h4-6,10H,1-3,8-9H2/t4-,5-,6-/m0/s1. The van der Waals surface area contributed by atoms with E-state index >= 15 is 0 Å². The van der Waals surface area contributed by atoms with Crippen LogP contribution in [0.5, 0.6) is 0 Å². The van der Waals surface area contributed by atoms with E-state index < -0.39 is 18.2 Å². The van der Waals surface area contributed by atoms with Crippen molar-refractivity contribution in [3.63, 3.8) is 0 Å². The topological polar surface area (TPSA) is 81.8 Å². The molecule has 5 nitrogen and oxygen atoms in total. The zero-order chi connectivity index (χ0) is 9.84. The van der Waals surface area contributed by atoms with Gasteiger partial charge < -0.3 is 20.3 Å². The van der Waals surface area contributed by atoms with Gasteiger partial charge in [-0.2, -0.15) is 0 Å². The smallest absolute Gasteiger partial charge is 0.319 e. The quantitative estimate of drug-likeness (QED) is 0.380. The van der Waals surface area contributed by atoms with Gasteiger partial charge >= 0.3 is 5.97 Å². The first kappa shape index (κ1) is 10.5. The van der Waals surface area contributed by atoms with Crippen molar-refractivity contribution in [3.8, 4) is 0 Å². The zero-order valence-electron chi connectivity index (χ0n) is 7.60. The van der Waals surface area contributed by atoms with E-state index in [1.807, 2.05) is 7.85 Å². The van der Waals surface area contributed by atoms with Crippen LogP contribution in [0.1, 0.15) is 6.42 Å². The van der Waals surface area contributed by atoms with Crippen molar-refractivity contribution in [2.75, 3.05) is 13.2 Å². The van der Waals surface area contributed by atoms with Crippen LogP contribution in [0.2, 0.25) is 0 Å². The summed E-state index contributed by atoms with van der Waals surface area (Å²) in [5, 5.41) is 9.40. The van der Waals surface area contributed by atoms with Crippen molar-refractivity contribution >= 4 is 13.8 Å². The van der Waals surface area contributed by atoms with Gasteiger partial charge in [0.15, 0.2) is 0 Å². The van der Waals surface area contributed by atoms with Crippen LogP contribution in [-0.4, -0.2) is 50.3 Å². The molecule has 0 aromatic carbocycles. The minimum Gasteiger partial charge on any atom is -0.462 e. The molecule has 0 unspecified atom stereocenters. The first-order valence-corrected chi connectivity index (χ1v) is 4.32. The van der Waals surface area contributed by atoms with Crippen LogP contribution in [0.3, 0.4) is 0 Å². The van der Waals surface area contributed by atoms with E-state index in [2.05, 4.69) is 0 Å². The summed E-state index contributed by atoms with van der Waals surface area (Å²) >= 11 is 0. The highest BCUT2D eigenvalue weighted by atomic mass is 16.6. The molecule has 1 heterocycles. The number of ether oxygens (including phenoxy) is 2. The average Bonchev–Trinajstić information content (AvgIpc) is 2.41. The van der Waals surface area contributed by atoms with E-state index in [1.54, 1.807) is 0 Å². The molecular formula is C7H14BNO4. The molecule has 1 aliphatic rings. The molecule has 0 amide bonds. The Hall–Kier alpha value is -0.585. The number of carbonyl (C=O) groups is 1. The number of aliphatic hydroxyl groups is 1. The van der Waals surface area contributed by atoms with Crippen molar-refractivity contribution < 1.29 is 19.4 Å². The lowest BCUT2D eigenvalue weighted by atomic mass is 9.96. The Morgan fingerprint density at radius 2 is 2.46 bits per heavy atom. The molecular weight excluding hydrogens is 173 g/mol. The second-order valence-electron chi connectivity index (χ2n) is 3.18. The molecule has 0 radical (unpaired) electrons. The molecule has 0 saturated carbocycles. The third-order valence-electron chi connectivity index (χ3n) is 1.98. The van der Waals surface area contributed by atoms with Gasteiger partial charge in [0.05, 0.1) is 12.6 Å². The largest absolute Gasteiger partial charge is 0.462 e. The van der Waals surface area contributed by atoms with Crippen LogP contribution >= 0.6 is 0 Å². The van der Waals surface area contributed by atoms with Gasteiger partial charge in [-0.15, -0.1) is 0 Å². The fourth-order valence-corrected chi connectivity index (χ4v) is 1.32. The van der Waals surface area contributed by atoms with E-state index in [9.17, 15) is 9.90 Å². The second kappa shape index (κ2) is 4.60. The van der Waals surface area contributed by atoms with Crippen LogP contribution in [0.15, 0.2) is 0 Å². The molecule has 1 saturated heterocycles. The molecule has 6 heteroatoms. The average molecular weight is 187 g/mol. The van der Waals surface area contributed by atoms with Gasteiger partial charge in [-0.05, 0) is 6.42 Å². The molecule has 0 aromatic heterocycles. The minimum atomic E-state index is -0.541. The predicted molar refractivity (Wildman–Crippen MR) is 47.8 cm³/mol. The normalized spacial score (nSPS) is 33.2. The molecule has 1 fully saturated rings. The maximum Gasteiger partial charge on any atom is 0.319 e. The Morgan fingerprint density at radius 1 is 1.77 bits per heavy atom. The van der Waals surface area contributed by atoms with Crippen molar-refractivity contribution in [2.24, 2.45) is 5.73 Å². The number of hydrogen-bond acceptors (Lipinski definition) is 5. The van der Waals surface area contributed by atoms with E-state index in [4.69, 9.17) is 15.2 Å². The molecule has 13 heavy (non-hydrogen) atoms. The van der Waals surface area contributed by atoms with Gasteiger partial charge in [-0.1, -0.05) is 0 Å². The van der Waals surface area contributed by atoms with Gasteiger partial charge in [-0.3, -0.25) is 4.79 Å². The highest BCUT2D eigenvalue weighted by molar-refractivity contribution is 6.11. The van der Waals surface area contributed by atoms with Gasteiger partial charge in [0.25, 0.3) is 0 Å². The van der Waals surface area contributed by atoms with E-state index in [-0.39, 0.29) is 19.2 Å². The summed E-state index contributed by atoms with van der Waals surface area (Å²) in [4.78, 5) is 10.7. The van der Waals surface area contributed by atoms with Crippen molar-refractivity contribution in [2.45, 2.75) is 24.6 Å². The lowest BCUT2D eigenvalue weighted by molar-refractivity contribution is -0.146. The maximum atomic E-state index is 10.7. The second-order valence-corrected chi connectivity index (χ2v) is 3.18. The summed E-state index contributed by atoms with van der Waals surface area (Å²) in [5.41, 5.74) is 5.04. The highest BCUT2D eigenvalue weighted by Gasteiger charge is 2.31. The third kappa shape index (κ3) is 2.98. The lowest BCUT2D eigenvalue weighted by Gasteiger charge is -2.13. The summed E-state index contributed by atoms with van der Waals surface area (Å²) in [6.07, 6.45) is -0.351.